The number of carboxylic acid groups (broad SMARTS) is 1. The minimum atomic E-state index is -3.50. The number of nitrogens with zero attached hydrogens (tertiary/aromatic N) is 1. The molecule has 1 N–H and O–H groups in total. The Morgan fingerprint density at radius 3 is 2.24 bits per heavy atom. The molecule has 2 aromatic rings. The molecule has 1 aliphatic rings. The zero-order valence-electron chi connectivity index (χ0n) is 21.7. The summed E-state index contributed by atoms with van der Waals surface area (Å²) in [5, 5.41) is 10.3. The Morgan fingerprint density at radius 1 is 1.08 bits per heavy atom. The van der Waals surface area contributed by atoms with Crippen molar-refractivity contribution in [2.75, 3.05) is 5.75 Å². The summed E-state index contributed by atoms with van der Waals surface area (Å²) in [5.74, 6) is -1.89. The van der Waals surface area contributed by atoms with Crippen LogP contribution in [0.1, 0.15) is 76.5 Å². The predicted molar refractivity (Wildman–Crippen MR) is 148 cm³/mol. The lowest BCUT2D eigenvalue weighted by Crippen LogP contribution is -2.58. The molecule has 1 amide bonds. The molecule has 0 aliphatic carbocycles. The Kier molecular flexibility index (Phi) is 9.36. The highest BCUT2D eigenvalue weighted by atomic mass is 35.5. The van der Waals surface area contributed by atoms with Crippen molar-refractivity contribution in [3.8, 4) is 0 Å². The van der Waals surface area contributed by atoms with Gasteiger partial charge in [0.05, 0.1) is 28.9 Å². The lowest BCUT2D eigenvalue weighted by molar-refractivity contribution is -0.161. The van der Waals surface area contributed by atoms with E-state index < -0.39 is 38.6 Å². The third kappa shape index (κ3) is 6.32. The van der Waals surface area contributed by atoms with Crippen molar-refractivity contribution < 1.29 is 23.1 Å². The minimum Gasteiger partial charge on any atom is -0.481 e. The smallest absolute Gasteiger partial charge is 0.304 e. The molecule has 0 saturated carbocycles. The normalized spacial score (nSPS) is 23.3. The molecule has 37 heavy (non-hydrogen) atoms. The van der Waals surface area contributed by atoms with E-state index in [9.17, 15) is 23.1 Å². The number of halogens is 2. The fourth-order valence-corrected chi connectivity index (χ4v) is 7.05. The van der Waals surface area contributed by atoms with E-state index in [1.54, 1.807) is 36.9 Å². The van der Waals surface area contributed by atoms with E-state index in [2.05, 4.69) is 0 Å². The van der Waals surface area contributed by atoms with Crippen LogP contribution in [0, 0.1) is 5.41 Å². The van der Waals surface area contributed by atoms with E-state index in [0.29, 0.717) is 29.3 Å². The molecule has 1 saturated heterocycles. The molecule has 4 atom stereocenters. The van der Waals surface area contributed by atoms with E-state index >= 15 is 0 Å². The van der Waals surface area contributed by atoms with E-state index in [1.165, 1.54) is 0 Å². The van der Waals surface area contributed by atoms with Gasteiger partial charge in [-0.15, -0.1) is 0 Å². The third-order valence-corrected chi connectivity index (χ3v) is 10.4. The molecule has 1 fully saturated rings. The topological polar surface area (TPSA) is 91.8 Å². The number of piperidine rings is 1. The van der Waals surface area contributed by atoms with Crippen LogP contribution < -0.4 is 0 Å². The van der Waals surface area contributed by atoms with Gasteiger partial charge in [0.2, 0.25) is 5.91 Å². The fourth-order valence-electron chi connectivity index (χ4n) is 5.41. The number of amides is 1. The van der Waals surface area contributed by atoms with Crippen LogP contribution in [0.2, 0.25) is 10.0 Å². The summed E-state index contributed by atoms with van der Waals surface area (Å²) in [6.45, 7) is 6.95. The second kappa shape index (κ2) is 11.7. The van der Waals surface area contributed by atoms with E-state index in [1.807, 2.05) is 44.2 Å². The van der Waals surface area contributed by atoms with Gasteiger partial charge in [0.15, 0.2) is 9.84 Å². The lowest BCUT2D eigenvalue weighted by Gasteiger charge is -2.52. The van der Waals surface area contributed by atoms with Gasteiger partial charge >= 0.3 is 5.97 Å². The monoisotopic (exact) mass is 567 g/mol. The molecule has 202 valence electrons. The first-order chi connectivity index (χ1) is 17.3. The summed E-state index contributed by atoms with van der Waals surface area (Å²) in [6, 6.07) is 13.4. The van der Waals surface area contributed by atoms with Crippen LogP contribution in [0.3, 0.4) is 0 Å². The highest BCUT2D eigenvalue weighted by Gasteiger charge is 2.54. The van der Waals surface area contributed by atoms with Crippen LogP contribution in [0.25, 0.3) is 0 Å². The first-order valence-corrected chi connectivity index (χ1v) is 15.1. The summed E-state index contributed by atoms with van der Waals surface area (Å²) in [5.41, 5.74) is 0.495. The third-order valence-electron chi connectivity index (χ3n) is 7.64. The zero-order valence-corrected chi connectivity index (χ0v) is 24.0. The second-order valence-corrected chi connectivity index (χ2v) is 13.7. The predicted octanol–water partition coefficient (Wildman–Crippen LogP) is 6.52. The van der Waals surface area contributed by atoms with Gasteiger partial charge < -0.3 is 10.0 Å². The maximum Gasteiger partial charge on any atom is 0.304 e. The van der Waals surface area contributed by atoms with E-state index in [4.69, 9.17) is 23.2 Å². The Hall–Kier alpha value is -2.09. The number of aliphatic carboxylic acids is 1. The van der Waals surface area contributed by atoms with Gasteiger partial charge in [0.25, 0.3) is 0 Å². The zero-order chi connectivity index (χ0) is 27.5. The SMILES string of the molecule is CC[C@@H](CS(=O)(=O)C(C)C)N1C(=O)[C@@](CC)(CC(=O)O)C[C@H](c2cccc(Cl)c2)[C@H]1c1ccc(Cl)cc1. The number of likely N-dealkylation sites (tertiary alicyclic amines) is 1. The Bertz CT molecular complexity index is 1230. The molecule has 0 aromatic heterocycles. The Labute approximate surface area is 229 Å². The van der Waals surface area contributed by atoms with Crippen molar-refractivity contribution in [2.24, 2.45) is 5.41 Å². The van der Waals surface area contributed by atoms with Gasteiger partial charge in [-0.1, -0.05) is 61.3 Å². The molecule has 0 unspecified atom stereocenters. The number of hydrogen-bond donors (Lipinski definition) is 1. The minimum absolute atomic E-state index is 0.202. The van der Waals surface area contributed by atoms with Crippen LogP contribution in [0.4, 0.5) is 0 Å². The fraction of sp³-hybridized carbons (Fsp3) is 0.500. The maximum atomic E-state index is 14.4. The molecular formula is C28H35Cl2NO5S. The molecule has 0 radical (unpaired) electrons. The van der Waals surface area contributed by atoms with Gasteiger partial charge in [-0.05, 0) is 68.5 Å². The van der Waals surface area contributed by atoms with Crippen molar-refractivity contribution in [2.45, 2.75) is 76.6 Å². The van der Waals surface area contributed by atoms with Gasteiger partial charge in [0.1, 0.15) is 0 Å². The number of hydrogen-bond acceptors (Lipinski definition) is 4. The number of benzene rings is 2. The molecule has 2 aromatic carbocycles. The van der Waals surface area contributed by atoms with Crippen molar-refractivity contribution in [3.05, 3.63) is 69.7 Å². The number of carbonyl (C=O) groups is 2. The quantitative estimate of drug-likeness (QED) is 0.352. The highest BCUT2D eigenvalue weighted by Crippen LogP contribution is 2.53. The van der Waals surface area contributed by atoms with Crippen molar-refractivity contribution >= 4 is 44.9 Å². The van der Waals surface area contributed by atoms with Gasteiger partial charge in [-0.25, -0.2) is 8.42 Å². The van der Waals surface area contributed by atoms with Crippen molar-refractivity contribution in [1.82, 2.24) is 4.90 Å². The van der Waals surface area contributed by atoms with Crippen LogP contribution >= 0.6 is 23.2 Å². The molecular weight excluding hydrogens is 533 g/mol. The van der Waals surface area contributed by atoms with Crippen LogP contribution in [-0.4, -0.2) is 47.3 Å². The van der Waals surface area contributed by atoms with E-state index in [0.717, 1.165) is 11.1 Å². The van der Waals surface area contributed by atoms with Crippen molar-refractivity contribution in [3.63, 3.8) is 0 Å². The molecule has 9 heteroatoms. The summed E-state index contributed by atoms with van der Waals surface area (Å²) >= 11 is 12.6. The largest absolute Gasteiger partial charge is 0.481 e. The van der Waals surface area contributed by atoms with Crippen LogP contribution in [-0.2, 0) is 19.4 Å². The molecule has 6 nitrogen and oxygen atoms in total. The van der Waals surface area contributed by atoms with Crippen LogP contribution in [0.5, 0.6) is 0 Å². The Balaban J connectivity index is 2.30. The summed E-state index contributed by atoms with van der Waals surface area (Å²) in [6.07, 6.45) is 0.673. The van der Waals surface area contributed by atoms with Crippen LogP contribution in [0.15, 0.2) is 48.5 Å². The molecule has 0 bridgehead atoms. The Morgan fingerprint density at radius 2 is 1.73 bits per heavy atom. The molecule has 3 rings (SSSR count). The number of sulfone groups is 1. The number of rotatable bonds is 10. The summed E-state index contributed by atoms with van der Waals surface area (Å²) < 4.78 is 26.1. The van der Waals surface area contributed by atoms with E-state index in [-0.39, 0.29) is 24.0 Å². The van der Waals surface area contributed by atoms with Crippen molar-refractivity contribution in [1.29, 1.82) is 0 Å². The highest BCUT2D eigenvalue weighted by molar-refractivity contribution is 7.92. The first-order valence-electron chi connectivity index (χ1n) is 12.6. The number of carboxylic acids is 1. The van der Waals surface area contributed by atoms with Gasteiger partial charge in [-0.2, -0.15) is 0 Å². The van der Waals surface area contributed by atoms with Gasteiger partial charge in [0, 0.05) is 22.0 Å². The average molecular weight is 569 g/mol. The summed E-state index contributed by atoms with van der Waals surface area (Å²) in [7, 11) is -3.50. The lowest BCUT2D eigenvalue weighted by atomic mass is 9.65. The van der Waals surface area contributed by atoms with Gasteiger partial charge in [-0.3, -0.25) is 9.59 Å². The molecule has 1 aliphatic heterocycles. The standard InChI is InChI=1S/C28H35Cl2NO5S/c1-5-23(17-37(35,36)18(3)4)31-26(19-10-12-21(29)13-11-19)24(20-8-7-9-22(30)14-20)15-28(6-2,27(31)34)16-25(32)33/h7-14,18,23-24,26H,5-6,15-17H2,1-4H3,(H,32,33)/t23-,24+,26+,28+/m0/s1. The first kappa shape index (κ1) is 29.5. The summed E-state index contributed by atoms with van der Waals surface area (Å²) in [4.78, 5) is 28.1. The second-order valence-electron chi connectivity index (χ2n) is 10.2. The average Bonchev–Trinajstić information content (AvgIpc) is 2.84. The number of carbonyl (C=O) groups excluding carboxylic acids is 1. The molecule has 0 spiro atoms. The molecule has 1 heterocycles. The maximum absolute atomic E-state index is 14.4.